The third kappa shape index (κ3) is 3.91. The fourth-order valence-corrected chi connectivity index (χ4v) is 4.27. The van der Waals surface area contributed by atoms with E-state index in [4.69, 9.17) is 10.5 Å². The summed E-state index contributed by atoms with van der Waals surface area (Å²) in [5, 5.41) is 0. The molecular formula is C19H23N3O4S. The van der Waals surface area contributed by atoms with Gasteiger partial charge in [0.2, 0.25) is 0 Å². The quantitative estimate of drug-likeness (QED) is 0.840. The summed E-state index contributed by atoms with van der Waals surface area (Å²) in [5.74, 6) is 0.438. The van der Waals surface area contributed by atoms with Gasteiger partial charge in [-0.2, -0.15) is 0 Å². The molecule has 27 heavy (non-hydrogen) atoms. The van der Waals surface area contributed by atoms with Crippen LogP contribution in [-0.2, 0) is 10.0 Å². The Labute approximate surface area is 159 Å². The van der Waals surface area contributed by atoms with Crippen LogP contribution >= 0.6 is 0 Å². The first-order chi connectivity index (χ1) is 12.8. The molecule has 1 heterocycles. The van der Waals surface area contributed by atoms with Crippen molar-refractivity contribution >= 4 is 21.6 Å². The Morgan fingerprint density at radius 3 is 2.52 bits per heavy atom. The molecule has 2 N–H and O–H groups in total. The zero-order valence-corrected chi connectivity index (χ0v) is 16.1. The van der Waals surface area contributed by atoms with Crippen LogP contribution < -0.4 is 14.8 Å². The minimum Gasteiger partial charge on any atom is -0.497 e. The first-order valence-electron chi connectivity index (χ1n) is 8.61. The Bertz CT molecular complexity index is 928. The molecule has 0 spiro atoms. The van der Waals surface area contributed by atoms with E-state index in [-0.39, 0.29) is 16.8 Å². The maximum atomic E-state index is 13.0. The fraction of sp³-hybridized carbons (Fsp3) is 0.316. The molecule has 1 amide bonds. The molecule has 2 aromatic carbocycles. The van der Waals surface area contributed by atoms with E-state index in [2.05, 4.69) is 0 Å². The van der Waals surface area contributed by atoms with Crippen molar-refractivity contribution in [2.75, 3.05) is 31.6 Å². The average molecular weight is 389 g/mol. The van der Waals surface area contributed by atoms with E-state index >= 15 is 0 Å². The van der Waals surface area contributed by atoms with Gasteiger partial charge in [-0.25, -0.2) is 8.42 Å². The monoisotopic (exact) mass is 389 g/mol. The number of anilines is 1. The molecule has 2 aromatic rings. The van der Waals surface area contributed by atoms with E-state index in [9.17, 15) is 13.2 Å². The molecule has 1 fully saturated rings. The number of carbonyl (C=O) groups excluding carboxylic acids is 1. The summed E-state index contributed by atoms with van der Waals surface area (Å²) in [6.07, 6.45) is 0.754. The van der Waals surface area contributed by atoms with Crippen molar-refractivity contribution in [3.8, 4) is 5.75 Å². The SMILES string of the molecule is COc1ccc(N(C)S(=O)(=O)c2cccc(C(=O)N3CC[C@@H](N)C3)c2)cc1. The zero-order chi connectivity index (χ0) is 19.6. The van der Waals surface area contributed by atoms with Crippen LogP contribution in [0.2, 0.25) is 0 Å². The molecule has 0 saturated carbocycles. The van der Waals surface area contributed by atoms with Crippen LogP contribution in [-0.4, -0.2) is 52.5 Å². The van der Waals surface area contributed by atoms with Crippen molar-refractivity contribution in [3.63, 3.8) is 0 Å². The smallest absolute Gasteiger partial charge is 0.264 e. The highest BCUT2D eigenvalue weighted by Crippen LogP contribution is 2.25. The molecule has 1 aliphatic heterocycles. The standard InChI is InChI=1S/C19H23N3O4S/c1-21(16-6-8-17(26-2)9-7-16)27(24,25)18-5-3-4-14(12-18)19(23)22-11-10-15(20)13-22/h3-9,12,15H,10-11,13,20H2,1-2H3/t15-/m1/s1. The molecule has 0 unspecified atom stereocenters. The summed E-state index contributed by atoms with van der Waals surface area (Å²) in [6.45, 7) is 1.07. The molecule has 144 valence electrons. The second-order valence-electron chi connectivity index (χ2n) is 6.50. The summed E-state index contributed by atoms with van der Waals surface area (Å²) < 4.78 is 32.3. The number of nitrogens with two attached hydrogens (primary N) is 1. The lowest BCUT2D eigenvalue weighted by molar-refractivity contribution is 0.0790. The average Bonchev–Trinajstić information content (AvgIpc) is 3.13. The van der Waals surface area contributed by atoms with Crippen molar-refractivity contribution in [3.05, 3.63) is 54.1 Å². The highest BCUT2D eigenvalue weighted by Gasteiger charge is 2.27. The van der Waals surface area contributed by atoms with Crippen LogP contribution in [0.25, 0.3) is 0 Å². The predicted octanol–water partition coefficient (Wildman–Crippen LogP) is 1.69. The summed E-state index contributed by atoms with van der Waals surface area (Å²) in [4.78, 5) is 14.4. The van der Waals surface area contributed by atoms with Gasteiger partial charge in [0.15, 0.2) is 0 Å². The van der Waals surface area contributed by atoms with Crippen LogP contribution in [0.5, 0.6) is 5.75 Å². The molecular weight excluding hydrogens is 366 g/mol. The van der Waals surface area contributed by atoms with Crippen LogP contribution in [0.1, 0.15) is 16.8 Å². The predicted molar refractivity (Wildman–Crippen MR) is 104 cm³/mol. The number of rotatable bonds is 5. The van der Waals surface area contributed by atoms with Crippen molar-refractivity contribution in [1.82, 2.24) is 4.90 Å². The molecule has 0 bridgehead atoms. The van der Waals surface area contributed by atoms with E-state index in [1.165, 1.54) is 23.5 Å². The first kappa shape index (κ1) is 19.2. The number of hydrogen-bond acceptors (Lipinski definition) is 5. The van der Waals surface area contributed by atoms with E-state index < -0.39 is 10.0 Å². The van der Waals surface area contributed by atoms with Gasteiger partial charge in [0, 0.05) is 31.7 Å². The molecule has 1 aliphatic rings. The number of amides is 1. The van der Waals surface area contributed by atoms with E-state index in [1.807, 2.05) is 0 Å². The molecule has 0 aliphatic carbocycles. The van der Waals surface area contributed by atoms with Gasteiger partial charge in [-0.3, -0.25) is 9.10 Å². The molecule has 0 aromatic heterocycles. The van der Waals surface area contributed by atoms with E-state index in [1.54, 1.807) is 48.4 Å². The highest BCUT2D eigenvalue weighted by molar-refractivity contribution is 7.92. The van der Waals surface area contributed by atoms with Gasteiger partial charge < -0.3 is 15.4 Å². The Balaban J connectivity index is 1.87. The zero-order valence-electron chi connectivity index (χ0n) is 15.3. The van der Waals surface area contributed by atoms with E-state index in [0.29, 0.717) is 30.1 Å². The largest absolute Gasteiger partial charge is 0.497 e. The second kappa shape index (κ2) is 7.58. The number of nitrogens with zero attached hydrogens (tertiary/aromatic N) is 2. The summed E-state index contributed by atoms with van der Waals surface area (Å²) in [5.41, 5.74) is 6.70. The molecule has 1 saturated heterocycles. The van der Waals surface area contributed by atoms with Gasteiger partial charge in [-0.1, -0.05) is 6.07 Å². The Hall–Kier alpha value is -2.58. The van der Waals surface area contributed by atoms with Crippen molar-refractivity contribution in [2.45, 2.75) is 17.4 Å². The van der Waals surface area contributed by atoms with Crippen molar-refractivity contribution < 1.29 is 17.9 Å². The van der Waals surface area contributed by atoms with Gasteiger partial charge in [0.1, 0.15) is 5.75 Å². The second-order valence-corrected chi connectivity index (χ2v) is 8.47. The lowest BCUT2D eigenvalue weighted by atomic mass is 10.2. The molecule has 0 radical (unpaired) electrons. The fourth-order valence-electron chi connectivity index (χ4n) is 3.03. The lowest BCUT2D eigenvalue weighted by Gasteiger charge is -2.21. The van der Waals surface area contributed by atoms with Crippen molar-refractivity contribution in [2.24, 2.45) is 5.73 Å². The number of benzene rings is 2. The van der Waals surface area contributed by atoms with Crippen molar-refractivity contribution in [1.29, 1.82) is 0 Å². The van der Waals surface area contributed by atoms with Gasteiger partial charge in [-0.15, -0.1) is 0 Å². The van der Waals surface area contributed by atoms with Crippen LogP contribution in [0.3, 0.4) is 0 Å². The number of likely N-dealkylation sites (tertiary alicyclic amines) is 1. The van der Waals surface area contributed by atoms with E-state index in [0.717, 1.165) is 6.42 Å². The maximum absolute atomic E-state index is 13.0. The number of sulfonamides is 1. The third-order valence-corrected chi connectivity index (χ3v) is 6.47. The van der Waals surface area contributed by atoms with Crippen LogP contribution in [0.15, 0.2) is 53.4 Å². The Morgan fingerprint density at radius 2 is 1.93 bits per heavy atom. The molecule has 3 rings (SSSR count). The number of methoxy groups -OCH3 is 1. The Morgan fingerprint density at radius 1 is 1.22 bits per heavy atom. The summed E-state index contributed by atoms with van der Waals surface area (Å²) >= 11 is 0. The minimum absolute atomic E-state index is 0.0259. The maximum Gasteiger partial charge on any atom is 0.264 e. The van der Waals surface area contributed by atoms with Gasteiger partial charge in [-0.05, 0) is 48.9 Å². The first-order valence-corrected chi connectivity index (χ1v) is 10.0. The third-order valence-electron chi connectivity index (χ3n) is 4.69. The molecule has 1 atom stereocenters. The minimum atomic E-state index is -3.80. The van der Waals surface area contributed by atoms with Gasteiger partial charge >= 0.3 is 0 Å². The van der Waals surface area contributed by atoms with Gasteiger partial charge in [0.25, 0.3) is 15.9 Å². The highest BCUT2D eigenvalue weighted by atomic mass is 32.2. The number of hydrogen-bond donors (Lipinski definition) is 1. The summed E-state index contributed by atoms with van der Waals surface area (Å²) in [7, 11) is -0.781. The normalized spacial score (nSPS) is 17.0. The molecule has 8 heteroatoms. The van der Waals surface area contributed by atoms with Crippen LogP contribution in [0, 0.1) is 0 Å². The Kier molecular flexibility index (Phi) is 5.38. The molecule has 7 nitrogen and oxygen atoms in total. The number of ether oxygens (including phenoxy) is 1. The topological polar surface area (TPSA) is 92.9 Å². The number of carbonyl (C=O) groups is 1. The van der Waals surface area contributed by atoms with Gasteiger partial charge in [0.05, 0.1) is 17.7 Å². The lowest BCUT2D eigenvalue weighted by Crippen LogP contribution is -2.32. The van der Waals surface area contributed by atoms with Crippen LogP contribution in [0.4, 0.5) is 5.69 Å². The summed E-state index contributed by atoms with van der Waals surface area (Å²) in [6, 6.07) is 12.8.